The molecule has 1 aromatic carbocycles. The summed E-state index contributed by atoms with van der Waals surface area (Å²) in [5, 5.41) is 11.0. The van der Waals surface area contributed by atoms with Crippen LogP contribution in [0.1, 0.15) is 25.3 Å². The van der Waals surface area contributed by atoms with Crippen LogP contribution < -0.4 is 0 Å². The van der Waals surface area contributed by atoms with Crippen LogP contribution in [0.3, 0.4) is 0 Å². The van der Waals surface area contributed by atoms with Gasteiger partial charge in [0.15, 0.2) is 0 Å². The van der Waals surface area contributed by atoms with Gasteiger partial charge in [-0.3, -0.25) is 0 Å². The Morgan fingerprint density at radius 1 is 1.32 bits per heavy atom. The minimum absolute atomic E-state index is 0.120. The Kier molecular flexibility index (Phi) is 6.60. The van der Waals surface area contributed by atoms with Crippen molar-refractivity contribution < 1.29 is 13.5 Å². The van der Waals surface area contributed by atoms with Gasteiger partial charge in [0.1, 0.15) is 9.84 Å². The molecule has 0 aliphatic rings. The fourth-order valence-electron chi connectivity index (χ4n) is 1.73. The van der Waals surface area contributed by atoms with Crippen molar-refractivity contribution in [3.63, 3.8) is 0 Å². The molecule has 1 N–H and O–H groups in total. The molecule has 3 nitrogen and oxygen atoms in total. The lowest BCUT2D eigenvalue weighted by Gasteiger charge is -2.12. The second kappa shape index (κ2) is 7.48. The molecule has 0 aliphatic heterocycles. The Morgan fingerprint density at radius 2 is 2.00 bits per heavy atom. The summed E-state index contributed by atoms with van der Waals surface area (Å²) >= 11 is 11.8. The second-order valence-electron chi connectivity index (χ2n) is 4.47. The van der Waals surface area contributed by atoms with E-state index in [1.807, 2.05) is 0 Å². The Balaban J connectivity index is 2.45. The molecule has 0 aromatic heterocycles. The van der Waals surface area contributed by atoms with Gasteiger partial charge in [0, 0.05) is 15.8 Å². The molecule has 0 spiro atoms. The number of hydrogen-bond acceptors (Lipinski definition) is 3. The number of benzene rings is 1. The molecule has 0 bridgehead atoms. The first-order valence-electron chi connectivity index (χ1n) is 6.16. The van der Waals surface area contributed by atoms with E-state index in [-0.39, 0.29) is 11.5 Å². The summed E-state index contributed by atoms with van der Waals surface area (Å²) in [6.07, 6.45) is 0.717. The summed E-state index contributed by atoms with van der Waals surface area (Å²) in [6, 6.07) is 5.13. The van der Waals surface area contributed by atoms with Gasteiger partial charge < -0.3 is 5.11 Å². The third kappa shape index (κ3) is 6.13. The highest BCUT2D eigenvalue weighted by Crippen LogP contribution is 2.22. The predicted molar refractivity (Wildman–Crippen MR) is 79.7 cm³/mol. The van der Waals surface area contributed by atoms with Crippen LogP contribution in [0.2, 0.25) is 10.0 Å². The number of aliphatic hydroxyl groups is 1. The Bertz CT molecular complexity index is 515. The van der Waals surface area contributed by atoms with Crippen LogP contribution in [0.15, 0.2) is 18.2 Å². The zero-order valence-electron chi connectivity index (χ0n) is 10.8. The fourth-order valence-corrected chi connectivity index (χ4v) is 3.11. The molecule has 6 heteroatoms. The van der Waals surface area contributed by atoms with Gasteiger partial charge in [0.05, 0.1) is 11.9 Å². The molecule has 0 saturated heterocycles. The van der Waals surface area contributed by atoms with Crippen molar-refractivity contribution in [2.24, 2.45) is 0 Å². The molecule has 1 rings (SSSR count). The van der Waals surface area contributed by atoms with E-state index in [0.29, 0.717) is 29.3 Å². The summed E-state index contributed by atoms with van der Waals surface area (Å²) < 4.78 is 22.6. The first-order chi connectivity index (χ1) is 8.84. The van der Waals surface area contributed by atoms with Gasteiger partial charge in [-0.1, -0.05) is 36.2 Å². The number of rotatable bonds is 7. The fraction of sp³-hybridized carbons (Fsp3) is 0.538. The smallest absolute Gasteiger partial charge is 0.150 e. The third-order valence-electron chi connectivity index (χ3n) is 2.90. The molecule has 0 radical (unpaired) electrons. The second-order valence-corrected chi connectivity index (χ2v) is 7.79. The quantitative estimate of drug-likeness (QED) is 0.838. The Morgan fingerprint density at radius 3 is 2.58 bits per heavy atom. The van der Waals surface area contributed by atoms with Gasteiger partial charge in [0.25, 0.3) is 0 Å². The van der Waals surface area contributed by atoms with Crippen LogP contribution in [0.4, 0.5) is 0 Å². The number of sulfone groups is 1. The van der Waals surface area contributed by atoms with Crippen LogP contribution >= 0.6 is 23.2 Å². The van der Waals surface area contributed by atoms with Gasteiger partial charge in [-0.05, 0) is 37.0 Å². The van der Waals surface area contributed by atoms with Crippen LogP contribution in [0.25, 0.3) is 0 Å². The molecule has 108 valence electrons. The normalized spacial score (nSPS) is 13.5. The van der Waals surface area contributed by atoms with Crippen molar-refractivity contribution in [1.82, 2.24) is 0 Å². The van der Waals surface area contributed by atoms with E-state index in [4.69, 9.17) is 23.2 Å². The van der Waals surface area contributed by atoms with E-state index in [2.05, 4.69) is 0 Å². The number of aliphatic hydroxyl groups excluding tert-OH is 1. The minimum Gasteiger partial charge on any atom is -0.393 e. The van der Waals surface area contributed by atoms with Crippen molar-refractivity contribution in [1.29, 1.82) is 0 Å². The largest absolute Gasteiger partial charge is 0.393 e. The van der Waals surface area contributed by atoms with E-state index in [9.17, 15) is 13.5 Å². The van der Waals surface area contributed by atoms with Crippen LogP contribution in [-0.4, -0.2) is 31.1 Å². The zero-order chi connectivity index (χ0) is 14.5. The molecule has 1 atom stereocenters. The van der Waals surface area contributed by atoms with E-state index >= 15 is 0 Å². The first-order valence-corrected chi connectivity index (χ1v) is 8.74. The molecule has 1 aromatic rings. The summed E-state index contributed by atoms with van der Waals surface area (Å²) in [7, 11) is -2.96. The van der Waals surface area contributed by atoms with Gasteiger partial charge in [0.2, 0.25) is 0 Å². The molecule has 0 saturated carbocycles. The standard InChI is InChI=1S/C13H18Cl2O3S/c1-2-19(17,18)7-3-4-12(16)8-10-5-6-11(14)9-13(10)15/h5-6,9,12,16H,2-4,7-8H2,1H3. The zero-order valence-corrected chi connectivity index (χ0v) is 13.1. The lowest BCUT2D eigenvalue weighted by atomic mass is 10.0. The minimum atomic E-state index is -2.96. The summed E-state index contributed by atoms with van der Waals surface area (Å²) in [6.45, 7) is 1.62. The molecule has 0 heterocycles. The van der Waals surface area contributed by atoms with Gasteiger partial charge in [-0.15, -0.1) is 0 Å². The third-order valence-corrected chi connectivity index (χ3v) is 5.28. The number of hydrogen-bond donors (Lipinski definition) is 1. The molecular formula is C13H18Cl2O3S. The van der Waals surface area contributed by atoms with Gasteiger partial charge >= 0.3 is 0 Å². The lowest BCUT2D eigenvalue weighted by Crippen LogP contribution is -2.15. The topological polar surface area (TPSA) is 54.4 Å². The highest BCUT2D eigenvalue weighted by atomic mass is 35.5. The SMILES string of the molecule is CCS(=O)(=O)CCCC(O)Cc1ccc(Cl)cc1Cl. The van der Waals surface area contributed by atoms with Crippen molar-refractivity contribution in [3.8, 4) is 0 Å². The maximum Gasteiger partial charge on any atom is 0.150 e. The molecule has 0 amide bonds. The van der Waals surface area contributed by atoms with E-state index in [0.717, 1.165) is 5.56 Å². The maximum absolute atomic E-state index is 11.3. The summed E-state index contributed by atoms with van der Waals surface area (Å²) in [4.78, 5) is 0. The average molecular weight is 325 g/mol. The predicted octanol–water partition coefficient (Wildman–Crippen LogP) is 3.11. The summed E-state index contributed by atoms with van der Waals surface area (Å²) in [5.41, 5.74) is 0.817. The average Bonchev–Trinajstić information content (AvgIpc) is 2.32. The van der Waals surface area contributed by atoms with Crippen molar-refractivity contribution in [2.45, 2.75) is 32.3 Å². The van der Waals surface area contributed by atoms with Crippen LogP contribution in [-0.2, 0) is 16.3 Å². The Hall–Kier alpha value is -0.290. The van der Waals surface area contributed by atoms with Crippen molar-refractivity contribution in [3.05, 3.63) is 33.8 Å². The molecule has 0 fully saturated rings. The monoisotopic (exact) mass is 324 g/mol. The van der Waals surface area contributed by atoms with Crippen molar-refractivity contribution >= 4 is 33.0 Å². The van der Waals surface area contributed by atoms with E-state index < -0.39 is 15.9 Å². The van der Waals surface area contributed by atoms with Gasteiger partial charge in [-0.25, -0.2) is 8.42 Å². The molecule has 1 unspecified atom stereocenters. The summed E-state index contributed by atoms with van der Waals surface area (Å²) in [5.74, 6) is 0.265. The Labute approximate surface area is 124 Å². The van der Waals surface area contributed by atoms with E-state index in [1.54, 1.807) is 25.1 Å². The molecule has 0 aliphatic carbocycles. The van der Waals surface area contributed by atoms with Crippen LogP contribution in [0.5, 0.6) is 0 Å². The van der Waals surface area contributed by atoms with E-state index in [1.165, 1.54) is 0 Å². The highest BCUT2D eigenvalue weighted by Gasteiger charge is 2.12. The van der Waals surface area contributed by atoms with Gasteiger partial charge in [-0.2, -0.15) is 0 Å². The van der Waals surface area contributed by atoms with Crippen molar-refractivity contribution in [2.75, 3.05) is 11.5 Å². The maximum atomic E-state index is 11.3. The highest BCUT2D eigenvalue weighted by molar-refractivity contribution is 7.91. The first kappa shape index (κ1) is 16.8. The lowest BCUT2D eigenvalue weighted by molar-refractivity contribution is 0.164. The molecule has 19 heavy (non-hydrogen) atoms. The molecular weight excluding hydrogens is 307 g/mol. The van der Waals surface area contributed by atoms with Crippen LogP contribution in [0, 0.1) is 0 Å². The number of halogens is 2.